The molecule has 7 nitrogen and oxygen atoms in total. The quantitative estimate of drug-likeness (QED) is 0.291. The van der Waals surface area contributed by atoms with Gasteiger partial charge in [-0.05, 0) is 43.5 Å². The molecular formula is C28H27Cl2FN4O3. The van der Waals surface area contributed by atoms with Crippen LogP contribution in [0.25, 0.3) is 22.2 Å². The second-order valence-corrected chi connectivity index (χ2v) is 10.9. The van der Waals surface area contributed by atoms with Crippen LogP contribution in [0.4, 0.5) is 10.1 Å². The van der Waals surface area contributed by atoms with Crippen LogP contribution < -0.4 is 4.90 Å². The Morgan fingerprint density at radius 1 is 1.13 bits per heavy atom. The zero-order chi connectivity index (χ0) is 26.6. The molecule has 0 unspecified atom stereocenters. The number of aryl methyl sites for hydroxylation is 1. The smallest absolute Gasteiger partial charge is 0.337 e. The van der Waals surface area contributed by atoms with Crippen molar-refractivity contribution in [3.05, 3.63) is 69.3 Å². The number of piperazine rings is 1. The van der Waals surface area contributed by atoms with Gasteiger partial charge in [-0.25, -0.2) is 9.18 Å². The minimum absolute atomic E-state index is 0.106. The highest BCUT2D eigenvalue weighted by Gasteiger charge is 2.33. The number of hydrogen-bond acceptors (Lipinski definition) is 5. The number of carbonyl (C=O) groups is 1. The largest absolute Gasteiger partial charge is 0.478 e. The summed E-state index contributed by atoms with van der Waals surface area (Å²) >= 11 is 13.0. The summed E-state index contributed by atoms with van der Waals surface area (Å²) in [4.78, 5) is 15.9. The third kappa shape index (κ3) is 4.44. The van der Waals surface area contributed by atoms with Gasteiger partial charge in [-0.2, -0.15) is 0 Å². The average Bonchev–Trinajstić information content (AvgIpc) is 3.56. The van der Waals surface area contributed by atoms with E-state index in [4.69, 9.17) is 27.7 Å². The van der Waals surface area contributed by atoms with Gasteiger partial charge >= 0.3 is 5.97 Å². The molecule has 198 valence electrons. The molecule has 1 saturated carbocycles. The number of fused-ring (bicyclic) bond motifs is 1. The molecule has 0 bridgehead atoms. The molecule has 2 aromatic heterocycles. The molecule has 0 amide bonds. The van der Waals surface area contributed by atoms with Crippen LogP contribution in [0.2, 0.25) is 10.0 Å². The number of nitrogens with zero attached hydrogens (tertiary/aromatic N) is 4. The monoisotopic (exact) mass is 556 g/mol. The third-order valence-corrected chi connectivity index (χ3v) is 8.28. The van der Waals surface area contributed by atoms with Crippen molar-refractivity contribution in [3.8, 4) is 11.3 Å². The number of benzene rings is 2. The molecular weight excluding hydrogens is 530 g/mol. The lowest BCUT2D eigenvalue weighted by Crippen LogP contribution is -2.47. The molecule has 1 aliphatic heterocycles. The lowest BCUT2D eigenvalue weighted by atomic mass is 10.0. The van der Waals surface area contributed by atoms with Gasteiger partial charge in [0.15, 0.2) is 5.82 Å². The van der Waals surface area contributed by atoms with E-state index in [9.17, 15) is 9.90 Å². The van der Waals surface area contributed by atoms with E-state index >= 15 is 4.39 Å². The van der Waals surface area contributed by atoms with E-state index in [1.165, 1.54) is 6.20 Å². The van der Waals surface area contributed by atoms with Gasteiger partial charge in [-0.1, -0.05) is 34.4 Å². The fourth-order valence-corrected chi connectivity index (χ4v) is 6.07. The topological polar surface area (TPSA) is 74.7 Å². The van der Waals surface area contributed by atoms with Crippen LogP contribution in [0.15, 0.2) is 41.1 Å². The van der Waals surface area contributed by atoms with Gasteiger partial charge < -0.3 is 19.1 Å². The van der Waals surface area contributed by atoms with Gasteiger partial charge in [0, 0.05) is 68.4 Å². The highest BCUT2D eigenvalue weighted by atomic mass is 35.5. The van der Waals surface area contributed by atoms with Crippen molar-refractivity contribution in [3.63, 3.8) is 0 Å². The van der Waals surface area contributed by atoms with Crippen LogP contribution in [-0.4, -0.2) is 58.4 Å². The summed E-state index contributed by atoms with van der Waals surface area (Å²) in [6.07, 6.45) is 4.42. The molecule has 6 rings (SSSR count). The first kappa shape index (κ1) is 25.2. The predicted octanol–water partition coefficient (Wildman–Crippen LogP) is 6.22. The first-order chi connectivity index (χ1) is 18.3. The van der Waals surface area contributed by atoms with E-state index in [1.807, 2.05) is 23.1 Å². The average molecular weight is 557 g/mol. The van der Waals surface area contributed by atoms with Crippen LogP contribution in [0, 0.1) is 5.82 Å². The fraction of sp³-hybridized carbons (Fsp3) is 0.357. The van der Waals surface area contributed by atoms with Gasteiger partial charge in [0.05, 0.1) is 26.8 Å². The summed E-state index contributed by atoms with van der Waals surface area (Å²) in [6, 6.07) is 8.84. The van der Waals surface area contributed by atoms with E-state index in [0.29, 0.717) is 51.2 Å². The Morgan fingerprint density at radius 3 is 2.50 bits per heavy atom. The first-order valence-corrected chi connectivity index (χ1v) is 13.5. The van der Waals surface area contributed by atoms with Crippen molar-refractivity contribution in [1.29, 1.82) is 0 Å². The second kappa shape index (κ2) is 9.91. The van der Waals surface area contributed by atoms with E-state index in [2.05, 4.69) is 10.1 Å². The van der Waals surface area contributed by atoms with Crippen molar-refractivity contribution in [2.75, 3.05) is 37.6 Å². The molecule has 2 fully saturated rings. The summed E-state index contributed by atoms with van der Waals surface area (Å²) in [6.45, 7) is 3.70. The highest BCUT2D eigenvalue weighted by molar-refractivity contribution is 6.39. The number of aromatic carboxylic acids is 1. The van der Waals surface area contributed by atoms with Crippen molar-refractivity contribution >= 4 is 45.8 Å². The summed E-state index contributed by atoms with van der Waals surface area (Å²) in [5, 5.41) is 15.3. The Hall–Kier alpha value is -3.07. The number of aromatic nitrogens is 2. The standard InChI is InChI=1S/C28H27Cl2FN4O3/c1-33-15-19(28(36)37)17-7-8-22(24(31)26(17)33)35-13-11-34(12-14-35)10-9-18-25(32-38-27(18)16-5-6-16)23-20(29)3-2-4-21(23)30/h2-4,7-8,15-16H,5-6,9-14H2,1H3,(H,36,37). The van der Waals surface area contributed by atoms with Gasteiger partial charge in [-0.15, -0.1) is 0 Å². The lowest BCUT2D eigenvalue weighted by Gasteiger charge is -2.36. The zero-order valence-electron chi connectivity index (χ0n) is 20.9. The Kier molecular flexibility index (Phi) is 6.58. The lowest BCUT2D eigenvalue weighted by molar-refractivity contribution is 0.0699. The maximum absolute atomic E-state index is 15.5. The van der Waals surface area contributed by atoms with Crippen molar-refractivity contribution in [2.45, 2.75) is 25.2 Å². The second-order valence-electron chi connectivity index (χ2n) is 10.1. The molecule has 1 saturated heterocycles. The molecule has 10 heteroatoms. The summed E-state index contributed by atoms with van der Waals surface area (Å²) < 4.78 is 22.9. The Balaban J connectivity index is 1.17. The summed E-state index contributed by atoms with van der Waals surface area (Å²) in [7, 11) is 1.67. The number of carboxylic acid groups (broad SMARTS) is 1. The van der Waals surface area contributed by atoms with E-state index in [1.54, 1.807) is 23.7 Å². The third-order valence-electron chi connectivity index (χ3n) is 7.65. The van der Waals surface area contributed by atoms with Crippen LogP contribution in [0.1, 0.15) is 40.4 Å². The zero-order valence-corrected chi connectivity index (χ0v) is 22.4. The van der Waals surface area contributed by atoms with Crippen LogP contribution in [-0.2, 0) is 13.5 Å². The molecule has 38 heavy (non-hydrogen) atoms. The number of rotatable bonds is 7. The summed E-state index contributed by atoms with van der Waals surface area (Å²) in [5.74, 6) is -0.102. The molecule has 2 aliphatic rings. The van der Waals surface area contributed by atoms with Gasteiger partial charge in [0.25, 0.3) is 0 Å². The molecule has 1 aliphatic carbocycles. The van der Waals surface area contributed by atoms with Crippen molar-refractivity contribution in [2.24, 2.45) is 7.05 Å². The van der Waals surface area contributed by atoms with Gasteiger partial charge in [0.2, 0.25) is 0 Å². The van der Waals surface area contributed by atoms with E-state index in [-0.39, 0.29) is 11.4 Å². The number of anilines is 1. The molecule has 2 aromatic carbocycles. The van der Waals surface area contributed by atoms with Gasteiger partial charge in [-0.3, -0.25) is 4.90 Å². The Morgan fingerprint density at radius 2 is 1.84 bits per heavy atom. The molecule has 3 heterocycles. The minimum Gasteiger partial charge on any atom is -0.478 e. The van der Waals surface area contributed by atoms with E-state index < -0.39 is 5.97 Å². The molecule has 0 radical (unpaired) electrons. The van der Waals surface area contributed by atoms with Crippen LogP contribution in [0.5, 0.6) is 0 Å². The van der Waals surface area contributed by atoms with Crippen LogP contribution in [0.3, 0.4) is 0 Å². The molecule has 0 spiro atoms. The Bertz CT molecular complexity index is 1520. The van der Waals surface area contributed by atoms with Crippen molar-refractivity contribution < 1.29 is 18.8 Å². The van der Waals surface area contributed by atoms with Gasteiger partial charge in [0.1, 0.15) is 11.5 Å². The Labute approximate surface area is 229 Å². The molecule has 0 atom stereocenters. The number of hydrogen-bond donors (Lipinski definition) is 1. The number of carboxylic acids is 1. The summed E-state index contributed by atoms with van der Waals surface area (Å²) in [5.41, 5.74) is 3.42. The maximum atomic E-state index is 15.5. The SMILES string of the molecule is Cn1cc(C(=O)O)c2ccc(N3CCN(CCc4c(-c5c(Cl)cccc5Cl)noc4C4CC4)CC3)c(F)c21. The number of halogens is 3. The molecule has 4 aromatic rings. The first-order valence-electron chi connectivity index (χ1n) is 12.7. The fourth-order valence-electron chi connectivity index (χ4n) is 5.49. The molecule has 1 N–H and O–H groups in total. The van der Waals surface area contributed by atoms with E-state index in [0.717, 1.165) is 55.9 Å². The highest BCUT2D eigenvalue weighted by Crippen LogP contribution is 2.46. The van der Waals surface area contributed by atoms with Crippen molar-refractivity contribution in [1.82, 2.24) is 14.6 Å². The predicted molar refractivity (Wildman–Crippen MR) is 146 cm³/mol. The van der Waals surface area contributed by atoms with Crippen LogP contribution >= 0.6 is 23.2 Å². The minimum atomic E-state index is -1.06. The normalized spacial score (nSPS) is 16.5. The maximum Gasteiger partial charge on any atom is 0.337 e.